The van der Waals surface area contributed by atoms with Crippen LogP contribution in [0.25, 0.3) is 11.1 Å². The van der Waals surface area contributed by atoms with E-state index < -0.39 is 17.7 Å². The summed E-state index contributed by atoms with van der Waals surface area (Å²) in [6, 6.07) is 18.5. The lowest BCUT2D eigenvalue weighted by atomic mass is 10.1. The molecule has 1 N–H and O–H groups in total. The predicted octanol–water partition coefficient (Wildman–Crippen LogP) is 7.23. The van der Waals surface area contributed by atoms with Crippen LogP contribution in [0, 0.1) is 0 Å². The van der Waals surface area contributed by atoms with E-state index in [0.29, 0.717) is 4.90 Å². The maximum absolute atomic E-state index is 13.1. The van der Waals surface area contributed by atoms with Crippen molar-refractivity contribution in [2.75, 3.05) is 4.31 Å². The second-order valence-electron chi connectivity index (χ2n) is 7.42. The Labute approximate surface area is 208 Å². The Kier molecular flexibility index (Phi) is 7.28. The Morgan fingerprint density at radius 2 is 1.60 bits per heavy atom. The second-order valence-corrected chi connectivity index (χ2v) is 8.92. The standard InChI is InChI=1S/C25H17ClF3N3O2S/c26-22-13-20(25(27,28)29)14-31-23(22)32(35-21-7-5-19(6-8-21)24(33)34)15-16-1-3-17(4-2-16)18-9-11-30-12-10-18/h1-14H,15H2,(H,33,34). The molecule has 4 aromatic rings. The van der Waals surface area contributed by atoms with E-state index in [1.807, 2.05) is 36.4 Å². The first kappa shape index (κ1) is 24.6. The Morgan fingerprint density at radius 1 is 0.971 bits per heavy atom. The number of nitrogens with zero attached hydrogens (tertiary/aromatic N) is 3. The van der Waals surface area contributed by atoms with Gasteiger partial charge in [-0.1, -0.05) is 35.9 Å². The number of benzene rings is 2. The van der Waals surface area contributed by atoms with Crippen molar-refractivity contribution in [3.63, 3.8) is 0 Å². The number of hydrogen-bond acceptors (Lipinski definition) is 5. The van der Waals surface area contributed by atoms with E-state index in [1.165, 1.54) is 24.1 Å². The van der Waals surface area contributed by atoms with Crippen molar-refractivity contribution in [1.29, 1.82) is 0 Å². The van der Waals surface area contributed by atoms with Crippen LogP contribution >= 0.6 is 23.5 Å². The molecule has 178 valence electrons. The number of aromatic carboxylic acids is 1. The molecule has 35 heavy (non-hydrogen) atoms. The summed E-state index contributed by atoms with van der Waals surface area (Å²) >= 11 is 7.42. The first-order chi connectivity index (χ1) is 16.7. The topological polar surface area (TPSA) is 66.3 Å². The number of rotatable bonds is 7. The molecule has 0 spiro atoms. The molecule has 0 amide bonds. The molecule has 0 aliphatic carbocycles. The number of anilines is 1. The van der Waals surface area contributed by atoms with Crippen LogP contribution in [-0.2, 0) is 12.7 Å². The summed E-state index contributed by atoms with van der Waals surface area (Å²) in [4.78, 5) is 19.8. The highest BCUT2D eigenvalue weighted by atomic mass is 35.5. The number of hydrogen-bond donors (Lipinski definition) is 1. The normalized spacial score (nSPS) is 11.3. The monoisotopic (exact) mass is 515 g/mol. The molecular weight excluding hydrogens is 499 g/mol. The van der Waals surface area contributed by atoms with Crippen LogP contribution < -0.4 is 4.31 Å². The number of pyridine rings is 2. The van der Waals surface area contributed by atoms with E-state index in [4.69, 9.17) is 16.7 Å². The molecule has 0 atom stereocenters. The summed E-state index contributed by atoms with van der Waals surface area (Å²) in [5.74, 6) is -0.898. The van der Waals surface area contributed by atoms with Crippen LogP contribution in [0.2, 0.25) is 5.02 Å². The number of carboxylic acids is 1. The van der Waals surface area contributed by atoms with Gasteiger partial charge < -0.3 is 5.11 Å². The van der Waals surface area contributed by atoms with Gasteiger partial charge in [-0.15, -0.1) is 0 Å². The van der Waals surface area contributed by atoms with Crippen LogP contribution in [0.5, 0.6) is 0 Å². The minimum Gasteiger partial charge on any atom is -0.478 e. The maximum Gasteiger partial charge on any atom is 0.417 e. The zero-order valence-electron chi connectivity index (χ0n) is 17.9. The molecule has 2 aromatic heterocycles. The highest BCUT2D eigenvalue weighted by molar-refractivity contribution is 8.00. The van der Waals surface area contributed by atoms with Gasteiger partial charge in [0.1, 0.15) is 0 Å². The Bertz CT molecular complexity index is 1320. The lowest BCUT2D eigenvalue weighted by Gasteiger charge is -2.24. The first-order valence-electron chi connectivity index (χ1n) is 10.2. The van der Waals surface area contributed by atoms with Gasteiger partial charge in [0.05, 0.1) is 22.7 Å². The number of halogens is 4. The largest absolute Gasteiger partial charge is 0.478 e. The summed E-state index contributed by atoms with van der Waals surface area (Å²) in [5, 5.41) is 8.97. The van der Waals surface area contributed by atoms with Gasteiger partial charge in [0.25, 0.3) is 0 Å². The van der Waals surface area contributed by atoms with Crippen LogP contribution in [-0.4, -0.2) is 21.0 Å². The van der Waals surface area contributed by atoms with Crippen molar-refractivity contribution in [3.8, 4) is 11.1 Å². The van der Waals surface area contributed by atoms with Crippen molar-refractivity contribution >= 4 is 35.3 Å². The lowest BCUT2D eigenvalue weighted by molar-refractivity contribution is -0.137. The molecule has 0 aliphatic rings. The molecule has 4 rings (SSSR count). The summed E-state index contributed by atoms with van der Waals surface area (Å²) in [7, 11) is 0. The van der Waals surface area contributed by atoms with E-state index >= 15 is 0 Å². The third-order valence-electron chi connectivity index (χ3n) is 5.00. The predicted molar refractivity (Wildman–Crippen MR) is 129 cm³/mol. The lowest BCUT2D eigenvalue weighted by Crippen LogP contribution is -2.17. The van der Waals surface area contributed by atoms with Gasteiger partial charge in [-0.25, -0.2) is 9.78 Å². The van der Waals surface area contributed by atoms with Crippen molar-refractivity contribution in [1.82, 2.24) is 9.97 Å². The van der Waals surface area contributed by atoms with E-state index in [9.17, 15) is 18.0 Å². The third-order valence-corrected chi connectivity index (χ3v) is 6.28. The molecule has 0 fully saturated rings. The average molecular weight is 516 g/mol. The number of aromatic nitrogens is 2. The SMILES string of the molecule is O=C(O)c1ccc(SN(Cc2ccc(-c3ccncc3)cc2)c2ncc(C(F)(F)F)cc2Cl)cc1. The smallest absolute Gasteiger partial charge is 0.417 e. The highest BCUT2D eigenvalue weighted by Gasteiger charge is 2.32. The van der Waals surface area contributed by atoms with Gasteiger partial charge >= 0.3 is 12.1 Å². The highest BCUT2D eigenvalue weighted by Crippen LogP contribution is 2.38. The summed E-state index contributed by atoms with van der Waals surface area (Å²) in [5.41, 5.74) is 2.05. The molecule has 0 saturated carbocycles. The van der Waals surface area contributed by atoms with Crippen LogP contribution in [0.4, 0.5) is 19.0 Å². The molecule has 2 heterocycles. The van der Waals surface area contributed by atoms with Gasteiger partial charge in [0.2, 0.25) is 0 Å². The minimum atomic E-state index is -4.57. The molecule has 10 heteroatoms. The zero-order chi connectivity index (χ0) is 25.0. The van der Waals surface area contributed by atoms with E-state index in [0.717, 1.165) is 29.0 Å². The number of alkyl halides is 3. The fourth-order valence-electron chi connectivity index (χ4n) is 3.22. The molecule has 0 saturated heterocycles. The third kappa shape index (κ3) is 6.12. The van der Waals surface area contributed by atoms with E-state index in [2.05, 4.69) is 9.97 Å². The molecule has 0 aliphatic heterocycles. The second kappa shape index (κ2) is 10.4. The molecular formula is C25H17ClF3N3O2S. The van der Waals surface area contributed by atoms with Gasteiger partial charge in [-0.2, -0.15) is 13.2 Å². The van der Waals surface area contributed by atoms with E-state index in [-0.39, 0.29) is 22.9 Å². The van der Waals surface area contributed by atoms with Gasteiger partial charge in [-0.3, -0.25) is 9.29 Å². The van der Waals surface area contributed by atoms with Gasteiger partial charge in [-0.05, 0) is 71.1 Å². The fourth-order valence-corrected chi connectivity index (χ4v) is 4.49. The molecule has 2 aromatic carbocycles. The average Bonchev–Trinajstić information content (AvgIpc) is 2.84. The Balaban J connectivity index is 1.64. The first-order valence-corrected chi connectivity index (χ1v) is 11.4. The quantitative estimate of drug-likeness (QED) is 0.262. The van der Waals surface area contributed by atoms with Crippen molar-refractivity contribution in [2.24, 2.45) is 0 Å². The van der Waals surface area contributed by atoms with Crippen molar-refractivity contribution < 1.29 is 23.1 Å². The molecule has 0 unspecified atom stereocenters. The Morgan fingerprint density at radius 3 is 2.17 bits per heavy atom. The van der Waals surface area contributed by atoms with Crippen LogP contribution in [0.3, 0.4) is 0 Å². The van der Waals surface area contributed by atoms with Crippen molar-refractivity contribution in [3.05, 3.63) is 107 Å². The summed E-state index contributed by atoms with van der Waals surface area (Å²) in [6.07, 6.45) is -0.414. The van der Waals surface area contributed by atoms with Gasteiger partial charge in [0, 0.05) is 23.5 Å². The van der Waals surface area contributed by atoms with E-state index in [1.54, 1.807) is 28.8 Å². The van der Waals surface area contributed by atoms with Crippen LogP contribution in [0.15, 0.2) is 90.2 Å². The molecule has 0 bridgehead atoms. The van der Waals surface area contributed by atoms with Gasteiger partial charge in [0.15, 0.2) is 5.82 Å². The minimum absolute atomic E-state index is 0.123. The molecule has 5 nitrogen and oxygen atoms in total. The number of carboxylic acid groups (broad SMARTS) is 1. The van der Waals surface area contributed by atoms with Crippen molar-refractivity contribution in [2.45, 2.75) is 17.6 Å². The Hall–Kier alpha value is -3.56. The summed E-state index contributed by atoms with van der Waals surface area (Å²) in [6.45, 7) is 0.278. The molecule has 0 radical (unpaired) electrons. The van der Waals surface area contributed by atoms with Crippen LogP contribution in [0.1, 0.15) is 21.5 Å². The number of carbonyl (C=O) groups is 1. The summed E-state index contributed by atoms with van der Waals surface area (Å²) < 4.78 is 41.0. The maximum atomic E-state index is 13.1. The zero-order valence-corrected chi connectivity index (χ0v) is 19.5. The fraction of sp³-hybridized carbons (Fsp3) is 0.0800.